The van der Waals surface area contributed by atoms with E-state index in [2.05, 4.69) is 4.98 Å². The van der Waals surface area contributed by atoms with Crippen molar-refractivity contribution in [2.24, 2.45) is 5.73 Å². The highest BCUT2D eigenvalue weighted by Gasteiger charge is 2.43. The Morgan fingerprint density at radius 2 is 1.49 bits per heavy atom. The van der Waals surface area contributed by atoms with Gasteiger partial charge in [-0.05, 0) is 56.5 Å². The van der Waals surface area contributed by atoms with Crippen LogP contribution >= 0.6 is 23.2 Å². The zero-order chi connectivity index (χ0) is 41.6. The van der Waals surface area contributed by atoms with Crippen LogP contribution in [0, 0.1) is 19.3 Å². The van der Waals surface area contributed by atoms with Crippen LogP contribution < -0.4 is 10.5 Å². The number of aromatic nitrogens is 1. The molecule has 23 heteroatoms. The van der Waals surface area contributed by atoms with Crippen molar-refractivity contribution in [3.05, 3.63) is 63.3 Å². The minimum Gasteiger partial charge on any atom is -0.487 e. The standard InChI is InChI=1S/C28H32Cl2N6O4S.2C2HF3O2/c1-17-15-18(2)33-26-19(17)5-3-7-23(26)40-16-20-21(29)8-9-24(25(20)30)41(38,39)36-10-4-6-22(36)27(37)34-11-13-35(14-12-34)28(31)32;2*3-2(4,5)1(6)7/h3,5,7-9,15,22H,4,6,10-14,16H2,1-2H3,(H3,31,32);2*(H,6,7)/t22-;;/m0../s1. The molecule has 1 amide bonds. The number of halogens is 8. The lowest BCUT2D eigenvalue weighted by Gasteiger charge is -2.37. The Kier molecular flexibility index (Phi) is 14.6. The van der Waals surface area contributed by atoms with Crippen LogP contribution in [0.15, 0.2) is 41.3 Å². The van der Waals surface area contributed by atoms with Gasteiger partial charge in [-0.3, -0.25) is 10.2 Å². The smallest absolute Gasteiger partial charge is 0.487 e. The Hall–Kier alpha value is -4.60. The molecule has 1 atom stereocenters. The van der Waals surface area contributed by atoms with E-state index in [0.717, 1.165) is 16.6 Å². The van der Waals surface area contributed by atoms with Gasteiger partial charge >= 0.3 is 24.3 Å². The summed E-state index contributed by atoms with van der Waals surface area (Å²) >= 11 is 13.2. The van der Waals surface area contributed by atoms with E-state index in [1.165, 1.54) is 16.4 Å². The Bertz CT molecular complexity index is 2020. The van der Waals surface area contributed by atoms with Gasteiger partial charge in [-0.2, -0.15) is 30.6 Å². The molecule has 2 aromatic carbocycles. The molecule has 0 unspecified atom stereocenters. The van der Waals surface area contributed by atoms with Gasteiger partial charge in [0.15, 0.2) is 5.96 Å². The van der Waals surface area contributed by atoms with Gasteiger partial charge in [0, 0.05) is 54.4 Å². The first-order valence-corrected chi connectivity index (χ1v) is 18.0. The number of nitrogens with zero attached hydrogens (tertiary/aromatic N) is 4. The number of carboxylic acid groups (broad SMARTS) is 2. The number of alkyl halides is 6. The maximum Gasteiger partial charge on any atom is 0.490 e. The minimum absolute atomic E-state index is 0.0359. The number of fused-ring (bicyclic) bond motifs is 1. The second-order valence-corrected chi connectivity index (χ2v) is 14.6. The molecule has 1 aromatic heterocycles. The van der Waals surface area contributed by atoms with Crippen LogP contribution in [0.25, 0.3) is 10.9 Å². The molecule has 0 aliphatic carbocycles. The first kappa shape index (κ1) is 44.8. The average Bonchev–Trinajstić information content (AvgIpc) is 3.59. The van der Waals surface area contributed by atoms with Gasteiger partial charge in [-0.1, -0.05) is 35.3 Å². The number of piperazine rings is 1. The fourth-order valence-corrected chi connectivity index (χ4v) is 8.02. The maximum absolute atomic E-state index is 13.9. The van der Waals surface area contributed by atoms with Crippen molar-refractivity contribution in [3.8, 4) is 5.75 Å². The quantitative estimate of drug-likeness (QED) is 0.144. The fraction of sp³-hybridized carbons (Fsp3) is 0.406. The zero-order valence-corrected chi connectivity index (χ0v) is 31.2. The lowest BCUT2D eigenvalue weighted by atomic mass is 10.1. The number of hydrogen-bond donors (Lipinski definition) is 4. The lowest BCUT2D eigenvalue weighted by Crippen LogP contribution is -2.56. The minimum atomic E-state index is -5.08. The van der Waals surface area contributed by atoms with Crippen LogP contribution in [0.4, 0.5) is 26.3 Å². The third-order valence-electron chi connectivity index (χ3n) is 8.15. The number of aliphatic carboxylic acids is 2. The molecule has 0 saturated carbocycles. The molecule has 2 saturated heterocycles. The first-order chi connectivity index (χ1) is 25.4. The Morgan fingerprint density at radius 3 is 2.02 bits per heavy atom. The number of hydrogen-bond acceptors (Lipinski definition) is 8. The molecule has 3 heterocycles. The van der Waals surface area contributed by atoms with E-state index >= 15 is 0 Å². The molecule has 2 aliphatic heterocycles. The second kappa shape index (κ2) is 17.9. The molecule has 55 heavy (non-hydrogen) atoms. The van der Waals surface area contributed by atoms with E-state index in [9.17, 15) is 39.6 Å². The number of amides is 1. The number of carbonyl (C=O) groups excluding carboxylic acids is 1. The van der Waals surface area contributed by atoms with E-state index in [1.54, 1.807) is 15.9 Å². The van der Waals surface area contributed by atoms with Crippen molar-refractivity contribution in [1.82, 2.24) is 19.1 Å². The number of pyridine rings is 1. The van der Waals surface area contributed by atoms with Crippen molar-refractivity contribution in [1.29, 1.82) is 5.41 Å². The third-order valence-corrected chi connectivity index (χ3v) is 11.0. The topological polar surface area (TPSA) is 208 Å². The van der Waals surface area contributed by atoms with Gasteiger partial charge in [0.2, 0.25) is 15.9 Å². The predicted molar refractivity (Wildman–Crippen MR) is 186 cm³/mol. The SMILES string of the molecule is Cc1cc(C)c2cccc(OCc3c(Cl)ccc(S(=O)(=O)N4CCC[C@H]4C(=O)N4CCN(C(=N)N)CC4)c3Cl)c2n1.O=C(O)C(F)(F)F.O=C(O)C(F)(F)F. The van der Waals surface area contributed by atoms with Crippen molar-refractivity contribution in [3.63, 3.8) is 0 Å². The summed E-state index contributed by atoms with van der Waals surface area (Å²) in [5.74, 6) is -5.27. The number of nitrogens with two attached hydrogens (primary N) is 1. The molecule has 3 aromatic rings. The predicted octanol–water partition coefficient (Wildman–Crippen LogP) is 5.19. The van der Waals surface area contributed by atoms with Crippen molar-refractivity contribution < 1.29 is 64.1 Å². The molecule has 302 valence electrons. The summed E-state index contributed by atoms with van der Waals surface area (Å²) in [7, 11) is -4.13. The van der Waals surface area contributed by atoms with Crippen LogP contribution in [-0.2, 0) is 31.0 Å². The molecule has 0 spiro atoms. The van der Waals surface area contributed by atoms with E-state index in [4.69, 9.17) is 58.9 Å². The molecule has 14 nitrogen and oxygen atoms in total. The second-order valence-electron chi connectivity index (χ2n) is 11.9. The zero-order valence-electron chi connectivity index (χ0n) is 28.8. The molecular formula is C32H34Cl2F6N6O8S. The number of guanidine groups is 1. The molecule has 5 rings (SSSR count). The number of ether oxygens (including phenoxy) is 1. The number of benzene rings is 2. The molecule has 2 fully saturated rings. The summed E-state index contributed by atoms with van der Waals surface area (Å²) in [6, 6.07) is 9.67. The number of carboxylic acids is 2. The highest BCUT2D eigenvalue weighted by molar-refractivity contribution is 7.89. The number of carbonyl (C=O) groups is 3. The molecular weight excluding hydrogens is 813 g/mol. The molecule has 2 aliphatic rings. The molecule has 0 bridgehead atoms. The van der Waals surface area contributed by atoms with Crippen LogP contribution in [0.3, 0.4) is 0 Å². The van der Waals surface area contributed by atoms with Gasteiger partial charge in [0.1, 0.15) is 28.8 Å². The number of aryl methyl sites for hydroxylation is 2. The molecule has 0 radical (unpaired) electrons. The monoisotopic (exact) mass is 846 g/mol. The number of para-hydroxylation sites is 1. The summed E-state index contributed by atoms with van der Waals surface area (Å²) in [6.07, 6.45) is -9.20. The maximum atomic E-state index is 13.9. The van der Waals surface area contributed by atoms with Gasteiger partial charge in [0.25, 0.3) is 0 Å². The highest BCUT2D eigenvalue weighted by atomic mass is 35.5. The van der Waals surface area contributed by atoms with Crippen LogP contribution in [0.2, 0.25) is 10.0 Å². The van der Waals surface area contributed by atoms with E-state index in [0.29, 0.717) is 55.9 Å². The summed E-state index contributed by atoms with van der Waals surface area (Å²) in [5, 5.41) is 23.0. The number of sulfonamides is 1. The van der Waals surface area contributed by atoms with Crippen LogP contribution in [0.5, 0.6) is 5.75 Å². The van der Waals surface area contributed by atoms with Crippen molar-refractivity contribution in [2.45, 2.75) is 56.6 Å². The third kappa shape index (κ3) is 11.2. The summed E-state index contributed by atoms with van der Waals surface area (Å²) in [4.78, 5) is 39.0. The van der Waals surface area contributed by atoms with E-state index in [1.807, 2.05) is 32.0 Å². The normalized spacial score (nSPS) is 16.4. The Balaban J connectivity index is 0.000000494. The summed E-state index contributed by atoms with van der Waals surface area (Å²) in [5.41, 5.74) is 8.52. The van der Waals surface area contributed by atoms with Gasteiger partial charge in [0.05, 0.1) is 5.02 Å². The largest absolute Gasteiger partial charge is 0.490 e. The van der Waals surface area contributed by atoms with Gasteiger partial charge < -0.3 is 30.5 Å². The van der Waals surface area contributed by atoms with Crippen molar-refractivity contribution in [2.75, 3.05) is 32.7 Å². The number of nitrogens with one attached hydrogen (secondary N) is 1. The molecule has 5 N–H and O–H groups in total. The highest BCUT2D eigenvalue weighted by Crippen LogP contribution is 2.37. The van der Waals surface area contributed by atoms with Gasteiger partial charge in [-0.15, -0.1) is 0 Å². The van der Waals surface area contributed by atoms with Crippen LogP contribution in [0.1, 0.15) is 29.7 Å². The fourth-order valence-electron chi connectivity index (χ4n) is 5.51. The number of rotatable bonds is 6. The van der Waals surface area contributed by atoms with Gasteiger partial charge in [-0.25, -0.2) is 23.0 Å². The van der Waals surface area contributed by atoms with E-state index < -0.39 is 40.4 Å². The summed E-state index contributed by atoms with van der Waals surface area (Å²) < 4.78 is 98.6. The lowest BCUT2D eigenvalue weighted by molar-refractivity contribution is -0.193. The first-order valence-electron chi connectivity index (χ1n) is 15.8. The van der Waals surface area contributed by atoms with Crippen molar-refractivity contribution >= 4 is 67.9 Å². The average molecular weight is 848 g/mol. The van der Waals surface area contributed by atoms with Crippen LogP contribution in [-0.4, -0.2) is 113 Å². The Morgan fingerprint density at radius 1 is 0.945 bits per heavy atom. The summed E-state index contributed by atoms with van der Waals surface area (Å²) in [6.45, 7) is 5.65. The van der Waals surface area contributed by atoms with E-state index in [-0.39, 0.29) is 40.0 Å². The Labute approximate surface area is 319 Å².